The van der Waals surface area contributed by atoms with E-state index in [1.54, 1.807) is 6.07 Å². The zero-order valence-electron chi connectivity index (χ0n) is 10.7. The highest BCUT2D eigenvalue weighted by atomic mass is 16.6. The number of hydrogen-bond donors (Lipinski definition) is 1. The maximum absolute atomic E-state index is 12.1. The van der Waals surface area contributed by atoms with Gasteiger partial charge in [0.15, 0.2) is 5.65 Å². The first-order chi connectivity index (χ1) is 10.1. The van der Waals surface area contributed by atoms with Gasteiger partial charge in [0.25, 0.3) is 5.69 Å². The molecule has 9 nitrogen and oxygen atoms in total. The molecule has 21 heavy (non-hydrogen) atoms. The molecule has 106 valence electrons. The van der Waals surface area contributed by atoms with Crippen LogP contribution in [0.1, 0.15) is 5.56 Å². The van der Waals surface area contributed by atoms with Crippen LogP contribution in [0.2, 0.25) is 0 Å². The predicted molar refractivity (Wildman–Crippen MR) is 73.9 cm³/mol. The maximum atomic E-state index is 12.1. The minimum Gasteiger partial charge on any atom is -0.393 e. The summed E-state index contributed by atoms with van der Waals surface area (Å²) in [6.07, 6.45) is 4.43. The largest absolute Gasteiger partial charge is 0.393 e. The molecule has 0 aliphatic carbocycles. The van der Waals surface area contributed by atoms with Gasteiger partial charge in [0.05, 0.1) is 17.7 Å². The van der Waals surface area contributed by atoms with Crippen LogP contribution in [0.5, 0.6) is 0 Å². The van der Waals surface area contributed by atoms with Crippen molar-refractivity contribution in [2.75, 3.05) is 5.73 Å². The van der Waals surface area contributed by atoms with E-state index in [0.29, 0.717) is 11.2 Å². The fourth-order valence-electron chi connectivity index (χ4n) is 2.04. The number of rotatable bonds is 3. The Balaban J connectivity index is 2.07. The van der Waals surface area contributed by atoms with Crippen molar-refractivity contribution < 1.29 is 4.92 Å². The Kier molecular flexibility index (Phi) is 2.87. The number of fused-ring (bicyclic) bond motifs is 1. The molecule has 0 spiro atoms. The van der Waals surface area contributed by atoms with Gasteiger partial charge in [-0.3, -0.25) is 15.1 Å². The van der Waals surface area contributed by atoms with Crippen LogP contribution in [0.15, 0.2) is 41.6 Å². The summed E-state index contributed by atoms with van der Waals surface area (Å²) in [5.74, 6) is 0. The first-order valence-electron chi connectivity index (χ1n) is 5.99. The summed E-state index contributed by atoms with van der Waals surface area (Å²) in [5, 5.41) is 15.0. The average molecular weight is 286 g/mol. The van der Waals surface area contributed by atoms with Gasteiger partial charge in [0.1, 0.15) is 5.69 Å². The Morgan fingerprint density at radius 2 is 2.19 bits per heavy atom. The Morgan fingerprint density at radius 3 is 2.90 bits per heavy atom. The summed E-state index contributed by atoms with van der Waals surface area (Å²) in [7, 11) is 0. The smallest absolute Gasteiger partial charge is 0.350 e. The molecule has 2 aromatic heterocycles. The number of hydrogen-bond acceptors (Lipinski definition) is 6. The van der Waals surface area contributed by atoms with Crippen molar-refractivity contribution in [1.29, 1.82) is 0 Å². The number of nitrogen functional groups attached to an aromatic ring is 1. The molecule has 0 unspecified atom stereocenters. The van der Waals surface area contributed by atoms with Crippen LogP contribution in [-0.4, -0.2) is 24.1 Å². The second-order valence-corrected chi connectivity index (χ2v) is 4.35. The zero-order valence-corrected chi connectivity index (χ0v) is 10.7. The molecule has 0 saturated heterocycles. The standard InChI is InChI=1S/C12H10N6O3/c13-11-8(2-1-3-9(11)18(20)21)7-17-12(19)16-5-4-14-6-10(16)15-17/h1-6H,7,13H2. The van der Waals surface area contributed by atoms with Gasteiger partial charge in [-0.2, -0.15) is 0 Å². The number of nitrogens with zero attached hydrogens (tertiary/aromatic N) is 5. The summed E-state index contributed by atoms with van der Waals surface area (Å²) in [6.45, 7) is 0.0496. The van der Waals surface area contributed by atoms with Crippen molar-refractivity contribution >= 4 is 17.0 Å². The van der Waals surface area contributed by atoms with Crippen LogP contribution in [-0.2, 0) is 6.54 Å². The van der Waals surface area contributed by atoms with Gasteiger partial charge in [-0.05, 0) is 0 Å². The fraction of sp³-hybridized carbons (Fsp3) is 0.0833. The molecule has 0 aliphatic rings. The molecule has 0 saturated carbocycles. The third-order valence-electron chi connectivity index (χ3n) is 3.08. The van der Waals surface area contributed by atoms with E-state index in [2.05, 4.69) is 10.1 Å². The van der Waals surface area contributed by atoms with Crippen molar-refractivity contribution in [3.63, 3.8) is 0 Å². The highest BCUT2D eigenvalue weighted by Gasteiger charge is 2.16. The first kappa shape index (κ1) is 12.8. The molecule has 0 fully saturated rings. The molecule has 0 aliphatic heterocycles. The molecule has 9 heteroatoms. The number of para-hydroxylation sites is 1. The number of nitro groups is 1. The van der Waals surface area contributed by atoms with Crippen LogP contribution in [0, 0.1) is 10.1 Å². The Bertz CT molecular complexity index is 897. The predicted octanol–water partition coefficient (Wildman–Crippen LogP) is 0.430. The lowest BCUT2D eigenvalue weighted by Gasteiger charge is -2.05. The average Bonchev–Trinajstić information content (AvgIpc) is 2.78. The van der Waals surface area contributed by atoms with Crippen molar-refractivity contribution in [2.24, 2.45) is 0 Å². The number of nitrogens with two attached hydrogens (primary N) is 1. The molecular weight excluding hydrogens is 276 g/mol. The highest BCUT2D eigenvalue weighted by molar-refractivity contribution is 5.63. The van der Waals surface area contributed by atoms with E-state index in [4.69, 9.17) is 5.73 Å². The van der Waals surface area contributed by atoms with Crippen LogP contribution >= 0.6 is 0 Å². The van der Waals surface area contributed by atoms with E-state index in [-0.39, 0.29) is 23.6 Å². The maximum Gasteiger partial charge on any atom is 0.350 e. The van der Waals surface area contributed by atoms with Crippen LogP contribution in [0.25, 0.3) is 5.65 Å². The molecule has 3 rings (SSSR count). The second kappa shape index (κ2) is 4.71. The molecule has 0 radical (unpaired) electrons. The van der Waals surface area contributed by atoms with Crippen molar-refractivity contribution in [3.05, 3.63) is 63.0 Å². The number of aromatic nitrogens is 4. The minimum absolute atomic E-state index is 0.0320. The Labute approximate surface area is 117 Å². The highest BCUT2D eigenvalue weighted by Crippen LogP contribution is 2.24. The zero-order chi connectivity index (χ0) is 15.0. The van der Waals surface area contributed by atoms with E-state index in [1.807, 2.05) is 0 Å². The van der Waals surface area contributed by atoms with Gasteiger partial charge in [0, 0.05) is 24.0 Å². The van der Waals surface area contributed by atoms with Gasteiger partial charge in [-0.15, -0.1) is 5.10 Å². The van der Waals surface area contributed by atoms with E-state index in [1.165, 1.54) is 39.8 Å². The molecule has 0 amide bonds. The third-order valence-corrected chi connectivity index (χ3v) is 3.08. The van der Waals surface area contributed by atoms with Crippen LogP contribution in [0.4, 0.5) is 11.4 Å². The van der Waals surface area contributed by atoms with Gasteiger partial charge >= 0.3 is 5.69 Å². The molecule has 0 bridgehead atoms. The Morgan fingerprint density at radius 1 is 1.38 bits per heavy atom. The molecule has 1 aromatic carbocycles. The molecule has 2 N–H and O–H groups in total. The van der Waals surface area contributed by atoms with E-state index < -0.39 is 4.92 Å². The molecular formula is C12H10N6O3. The van der Waals surface area contributed by atoms with Crippen LogP contribution in [0.3, 0.4) is 0 Å². The van der Waals surface area contributed by atoms with Crippen molar-refractivity contribution in [2.45, 2.75) is 6.54 Å². The van der Waals surface area contributed by atoms with Gasteiger partial charge in [-0.1, -0.05) is 12.1 Å². The summed E-state index contributed by atoms with van der Waals surface area (Å²) >= 11 is 0. The van der Waals surface area contributed by atoms with Gasteiger partial charge in [-0.25, -0.2) is 13.9 Å². The van der Waals surface area contributed by atoms with Crippen molar-refractivity contribution in [3.8, 4) is 0 Å². The van der Waals surface area contributed by atoms with E-state index in [9.17, 15) is 14.9 Å². The summed E-state index contributed by atoms with van der Waals surface area (Å²) in [4.78, 5) is 26.3. The molecule has 0 atom stereocenters. The summed E-state index contributed by atoms with van der Waals surface area (Å²) in [5.41, 5.74) is 6.11. The second-order valence-electron chi connectivity index (χ2n) is 4.35. The van der Waals surface area contributed by atoms with Crippen molar-refractivity contribution in [1.82, 2.24) is 19.2 Å². The SMILES string of the molecule is Nc1c(Cn2nc3cnccn3c2=O)cccc1[N+](=O)[O-]. The third kappa shape index (κ3) is 2.10. The monoisotopic (exact) mass is 286 g/mol. The minimum atomic E-state index is -0.560. The van der Waals surface area contributed by atoms with Gasteiger partial charge < -0.3 is 5.73 Å². The number of anilines is 1. The number of nitro benzene ring substituents is 1. The molecule has 2 heterocycles. The summed E-state index contributed by atoms with van der Waals surface area (Å²) in [6, 6.07) is 4.46. The quantitative estimate of drug-likeness (QED) is 0.423. The van der Waals surface area contributed by atoms with E-state index in [0.717, 1.165) is 0 Å². The first-order valence-corrected chi connectivity index (χ1v) is 5.99. The van der Waals surface area contributed by atoms with Crippen LogP contribution < -0.4 is 11.4 Å². The van der Waals surface area contributed by atoms with E-state index >= 15 is 0 Å². The summed E-state index contributed by atoms with van der Waals surface area (Å²) < 4.78 is 2.52. The normalized spacial score (nSPS) is 10.9. The van der Waals surface area contributed by atoms with Gasteiger partial charge in [0.2, 0.25) is 0 Å². The molecule has 3 aromatic rings. The topological polar surface area (TPSA) is 121 Å². The number of benzene rings is 1. The lowest BCUT2D eigenvalue weighted by atomic mass is 10.1. The fourth-order valence-corrected chi connectivity index (χ4v) is 2.04. The Hall–Kier alpha value is -3.23. The lowest BCUT2D eigenvalue weighted by molar-refractivity contribution is -0.383. The lowest BCUT2D eigenvalue weighted by Crippen LogP contribution is -2.22.